The lowest BCUT2D eigenvalue weighted by atomic mass is 10.1. The molecule has 0 bridgehead atoms. The number of amides is 3. The predicted octanol–water partition coefficient (Wildman–Crippen LogP) is 7.08. The van der Waals surface area contributed by atoms with Gasteiger partial charge in [0.25, 0.3) is 11.1 Å². The molecule has 4 rings (SSSR count). The zero-order chi connectivity index (χ0) is 32.5. The molecule has 0 aromatic heterocycles. The molecule has 13 heteroatoms. The molecule has 1 heterocycles. The van der Waals surface area contributed by atoms with Crippen LogP contribution < -0.4 is 14.8 Å². The molecule has 232 valence electrons. The molecule has 1 aliphatic heterocycles. The molecular formula is C32H27Cl2N3O7S. The number of unbranched alkanes of at least 4 members (excludes halogenated alkanes) is 1. The number of rotatable bonds is 12. The normalized spacial score (nSPS) is 13.5. The highest BCUT2D eigenvalue weighted by Gasteiger charge is 2.36. The lowest BCUT2D eigenvalue weighted by Crippen LogP contribution is -2.36. The molecule has 1 saturated heterocycles. The summed E-state index contributed by atoms with van der Waals surface area (Å²) in [5.41, 5.74) is 1.91. The Morgan fingerprint density at radius 1 is 1.09 bits per heavy atom. The minimum Gasteiger partial charge on any atom is -0.493 e. The second-order valence-corrected chi connectivity index (χ2v) is 11.4. The minimum absolute atomic E-state index is 0.0699. The summed E-state index contributed by atoms with van der Waals surface area (Å²) in [5.74, 6) is -1.43. The van der Waals surface area contributed by atoms with Crippen molar-refractivity contribution in [3.8, 4) is 17.6 Å². The van der Waals surface area contributed by atoms with E-state index in [4.69, 9.17) is 37.4 Å². The average Bonchev–Trinajstić information content (AvgIpc) is 3.28. The first kappa shape index (κ1) is 33.4. The van der Waals surface area contributed by atoms with Crippen molar-refractivity contribution >= 4 is 69.8 Å². The molecule has 3 aromatic rings. The maximum atomic E-state index is 13.1. The van der Waals surface area contributed by atoms with E-state index in [0.29, 0.717) is 34.9 Å². The van der Waals surface area contributed by atoms with Gasteiger partial charge in [-0.15, -0.1) is 0 Å². The zero-order valence-electron chi connectivity index (χ0n) is 24.2. The topological polar surface area (TPSA) is 135 Å². The highest BCUT2D eigenvalue weighted by molar-refractivity contribution is 8.18. The molecular weight excluding hydrogens is 641 g/mol. The molecule has 3 aromatic carbocycles. The molecule has 1 N–H and O–H groups in total. The molecule has 45 heavy (non-hydrogen) atoms. The largest absolute Gasteiger partial charge is 0.493 e. The van der Waals surface area contributed by atoms with Crippen molar-refractivity contribution in [2.75, 3.05) is 25.6 Å². The Balaban J connectivity index is 1.44. The number of halogens is 2. The van der Waals surface area contributed by atoms with Crippen molar-refractivity contribution < 1.29 is 33.4 Å². The number of esters is 1. The quantitative estimate of drug-likeness (QED) is 0.122. The number of methoxy groups -OCH3 is 1. The summed E-state index contributed by atoms with van der Waals surface area (Å²) in [6.45, 7) is 1.72. The van der Waals surface area contributed by atoms with Gasteiger partial charge in [-0.25, -0.2) is 4.79 Å². The fourth-order valence-corrected chi connectivity index (χ4v) is 5.45. The molecule has 0 radical (unpaired) electrons. The molecule has 0 saturated carbocycles. The second kappa shape index (κ2) is 15.5. The van der Waals surface area contributed by atoms with E-state index in [9.17, 15) is 24.4 Å². The summed E-state index contributed by atoms with van der Waals surface area (Å²) in [6, 6.07) is 16.5. The van der Waals surface area contributed by atoms with Crippen LogP contribution in [0.15, 0.2) is 59.5 Å². The van der Waals surface area contributed by atoms with Crippen LogP contribution in [0.2, 0.25) is 10.0 Å². The highest BCUT2D eigenvalue weighted by Crippen LogP contribution is 2.39. The number of benzene rings is 3. The third-order valence-electron chi connectivity index (χ3n) is 6.44. The van der Waals surface area contributed by atoms with Gasteiger partial charge < -0.3 is 19.5 Å². The Labute approximate surface area is 273 Å². The maximum Gasteiger partial charge on any atom is 0.339 e. The summed E-state index contributed by atoms with van der Waals surface area (Å²) in [7, 11) is 1.43. The van der Waals surface area contributed by atoms with Crippen LogP contribution in [-0.2, 0) is 20.9 Å². The monoisotopic (exact) mass is 667 g/mol. The fraction of sp³-hybridized carbons (Fsp3) is 0.219. The molecule has 1 fully saturated rings. The Morgan fingerprint density at radius 3 is 2.60 bits per heavy atom. The molecule has 3 amide bonds. The van der Waals surface area contributed by atoms with Gasteiger partial charge in [-0.1, -0.05) is 54.7 Å². The Hall–Kier alpha value is -4.50. The number of anilines is 1. The standard InChI is InChI=1S/C32H27Cl2N3O7S/c1-3-4-11-43-31(40)23-15-22(9-10-24(23)33)36-28(38)17-37-30(39)27(45-32(37)41)14-19-12-25(34)29(26(13-19)42-2)44-18-21-8-6-5-7-20(21)16-35/h5-10,12-15H,3-4,11,17-18H2,1-2H3,(H,36,38)/b27-14-. The van der Waals surface area contributed by atoms with E-state index in [2.05, 4.69) is 11.4 Å². The molecule has 0 spiro atoms. The van der Waals surface area contributed by atoms with E-state index in [1.807, 2.05) is 6.92 Å². The highest BCUT2D eigenvalue weighted by atomic mass is 35.5. The van der Waals surface area contributed by atoms with Crippen LogP contribution in [0.5, 0.6) is 11.5 Å². The summed E-state index contributed by atoms with van der Waals surface area (Å²) < 4.78 is 16.5. The summed E-state index contributed by atoms with van der Waals surface area (Å²) in [4.78, 5) is 51.8. The lowest BCUT2D eigenvalue weighted by molar-refractivity contribution is -0.127. The minimum atomic E-state index is -0.667. The van der Waals surface area contributed by atoms with Gasteiger partial charge in [-0.3, -0.25) is 19.3 Å². The van der Waals surface area contributed by atoms with E-state index in [1.54, 1.807) is 36.4 Å². The summed E-state index contributed by atoms with van der Waals surface area (Å²) in [6.07, 6.45) is 3.01. The van der Waals surface area contributed by atoms with Crippen molar-refractivity contribution in [2.24, 2.45) is 0 Å². The smallest absolute Gasteiger partial charge is 0.339 e. The van der Waals surface area contributed by atoms with Crippen LogP contribution in [0.25, 0.3) is 6.08 Å². The van der Waals surface area contributed by atoms with Crippen LogP contribution in [0, 0.1) is 11.3 Å². The number of hydrogen-bond donors (Lipinski definition) is 1. The van der Waals surface area contributed by atoms with E-state index >= 15 is 0 Å². The third kappa shape index (κ3) is 8.36. The van der Waals surface area contributed by atoms with Gasteiger partial charge in [-0.2, -0.15) is 5.26 Å². The Kier molecular flexibility index (Phi) is 11.5. The average molecular weight is 669 g/mol. The lowest BCUT2D eigenvalue weighted by Gasteiger charge is -2.14. The number of thioether (sulfide) groups is 1. The van der Waals surface area contributed by atoms with Gasteiger partial charge in [0.05, 0.1) is 45.9 Å². The molecule has 0 aliphatic carbocycles. The van der Waals surface area contributed by atoms with Crippen LogP contribution in [0.1, 0.15) is 46.8 Å². The van der Waals surface area contributed by atoms with E-state index in [0.717, 1.165) is 11.3 Å². The van der Waals surface area contributed by atoms with Crippen LogP contribution in [0.3, 0.4) is 0 Å². The van der Waals surface area contributed by atoms with E-state index in [-0.39, 0.29) is 50.9 Å². The first-order valence-corrected chi connectivity index (χ1v) is 15.2. The molecule has 10 nitrogen and oxygen atoms in total. The zero-order valence-corrected chi connectivity index (χ0v) is 26.6. The Morgan fingerprint density at radius 2 is 1.87 bits per heavy atom. The Bertz CT molecular complexity index is 1720. The van der Waals surface area contributed by atoms with Gasteiger partial charge >= 0.3 is 5.97 Å². The van der Waals surface area contributed by atoms with Gasteiger partial charge in [0.1, 0.15) is 13.2 Å². The van der Waals surface area contributed by atoms with Crippen LogP contribution in [-0.4, -0.2) is 48.2 Å². The first-order valence-electron chi connectivity index (χ1n) is 13.6. The van der Waals surface area contributed by atoms with Crippen LogP contribution >= 0.6 is 35.0 Å². The van der Waals surface area contributed by atoms with Gasteiger partial charge in [0, 0.05) is 11.3 Å². The second-order valence-electron chi connectivity index (χ2n) is 9.59. The number of ether oxygens (including phenoxy) is 3. The van der Waals surface area contributed by atoms with Crippen molar-refractivity contribution in [1.29, 1.82) is 5.26 Å². The molecule has 0 unspecified atom stereocenters. The number of carbonyl (C=O) groups excluding carboxylic acids is 4. The van der Waals surface area contributed by atoms with Gasteiger partial charge in [0.15, 0.2) is 11.5 Å². The number of nitriles is 1. The number of imide groups is 1. The van der Waals surface area contributed by atoms with Crippen molar-refractivity contribution in [3.05, 3.63) is 91.8 Å². The fourth-order valence-electron chi connectivity index (χ4n) is 4.15. The number of nitrogens with zero attached hydrogens (tertiary/aromatic N) is 2. The van der Waals surface area contributed by atoms with Crippen molar-refractivity contribution in [1.82, 2.24) is 4.90 Å². The van der Waals surface area contributed by atoms with Gasteiger partial charge in [0.2, 0.25) is 5.91 Å². The maximum absolute atomic E-state index is 13.1. The number of hydrogen-bond acceptors (Lipinski definition) is 9. The number of carbonyl (C=O) groups is 4. The van der Waals surface area contributed by atoms with Crippen molar-refractivity contribution in [3.63, 3.8) is 0 Å². The van der Waals surface area contributed by atoms with E-state index < -0.39 is 29.6 Å². The number of nitrogens with one attached hydrogen (secondary N) is 1. The summed E-state index contributed by atoms with van der Waals surface area (Å²) >= 11 is 13.3. The molecule has 1 aliphatic rings. The molecule has 0 atom stereocenters. The SMILES string of the molecule is CCCCOC(=O)c1cc(NC(=O)CN2C(=O)S/C(=C\c3cc(Cl)c(OCc4ccccc4C#N)c(OC)c3)C2=O)ccc1Cl. The van der Waals surface area contributed by atoms with Crippen molar-refractivity contribution in [2.45, 2.75) is 26.4 Å². The summed E-state index contributed by atoms with van der Waals surface area (Å²) in [5, 5.41) is 11.6. The third-order valence-corrected chi connectivity index (χ3v) is 7.95. The predicted molar refractivity (Wildman–Crippen MR) is 171 cm³/mol. The van der Waals surface area contributed by atoms with Crippen LogP contribution in [0.4, 0.5) is 10.5 Å². The van der Waals surface area contributed by atoms with Gasteiger partial charge in [-0.05, 0) is 66.2 Å². The first-order chi connectivity index (χ1) is 21.6. The van der Waals surface area contributed by atoms with E-state index in [1.165, 1.54) is 31.4 Å².